The molecule has 8 rings (SSSR count). The number of urea groups is 2. The van der Waals surface area contributed by atoms with E-state index in [0.717, 1.165) is 49.4 Å². The summed E-state index contributed by atoms with van der Waals surface area (Å²) in [6, 6.07) is 15.2. The van der Waals surface area contributed by atoms with Crippen LogP contribution < -0.4 is 45.3 Å². The zero-order valence-corrected chi connectivity index (χ0v) is 39.0. The summed E-state index contributed by atoms with van der Waals surface area (Å²) in [5.41, 5.74) is 1.91. The summed E-state index contributed by atoms with van der Waals surface area (Å²) in [6.45, 7) is 5.33. The first-order valence-corrected chi connectivity index (χ1v) is 23.4. The van der Waals surface area contributed by atoms with Gasteiger partial charge in [-0.05, 0) is 86.7 Å². The molecule has 3 aliphatic rings. The van der Waals surface area contributed by atoms with Crippen LogP contribution in [-0.2, 0) is 11.2 Å². The van der Waals surface area contributed by atoms with Gasteiger partial charge in [0.15, 0.2) is 11.6 Å². The van der Waals surface area contributed by atoms with E-state index in [0.29, 0.717) is 87.0 Å². The molecule has 5 amide bonds. The molecular weight excluding hydrogens is 935 g/mol. The molecule has 3 aliphatic heterocycles. The number of hydrogen-bond donors (Lipinski definition) is 4. The number of hydrogen-bond acceptors (Lipinski definition) is 13. The van der Waals surface area contributed by atoms with Gasteiger partial charge in [0.25, 0.3) is 0 Å². The number of nitrogens with zero attached hydrogens (tertiary/aromatic N) is 7. The topological polar surface area (TPSA) is 198 Å². The lowest BCUT2D eigenvalue weighted by atomic mass is 10.1. The van der Waals surface area contributed by atoms with Crippen molar-refractivity contribution < 1.29 is 46.5 Å². The minimum Gasteiger partial charge on any atom is -0.490 e. The first-order chi connectivity index (χ1) is 33.8. The van der Waals surface area contributed by atoms with E-state index < -0.39 is 30.3 Å². The molecule has 0 aliphatic carbocycles. The van der Waals surface area contributed by atoms with Crippen molar-refractivity contribution in [3.8, 4) is 23.0 Å². The Kier molecular flexibility index (Phi) is 16.1. The largest absolute Gasteiger partial charge is 0.573 e. The molecule has 18 nitrogen and oxygen atoms in total. The lowest BCUT2D eigenvalue weighted by Gasteiger charge is -2.34. The van der Waals surface area contributed by atoms with Gasteiger partial charge in [0.1, 0.15) is 35.3 Å². The van der Waals surface area contributed by atoms with Crippen LogP contribution in [0.1, 0.15) is 51.0 Å². The molecule has 0 radical (unpaired) electrons. The second-order valence-corrected chi connectivity index (χ2v) is 17.6. The molecule has 1 atom stereocenters. The number of piperidine rings is 3. The Balaban J connectivity index is 0.725. The van der Waals surface area contributed by atoms with Crippen molar-refractivity contribution in [2.24, 2.45) is 0 Å². The van der Waals surface area contributed by atoms with Crippen LogP contribution in [0.3, 0.4) is 0 Å². The first-order valence-electron chi connectivity index (χ1n) is 23.0. The van der Waals surface area contributed by atoms with Crippen LogP contribution >= 0.6 is 11.6 Å². The van der Waals surface area contributed by atoms with E-state index in [1.165, 1.54) is 6.07 Å². The Morgan fingerprint density at radius 3 is 2.10 bits per heavy atom. The van der Waals surface area contributed by atoms with Crippen LogP contribution in [-0.4, -0.2) is 113 Å². The number of carbonyl (C=O) groups excluding carboxylic acids is 3. The maximum Gasteiger partial charge on any atom is 0.573 e. The number of carbonyl (C=O) groups is 3. The van der Waals surface area contributed by atoms with Gasteiger partial charge in [0.2, 0.25) is 0 Å². The van der Waals surface area contributed by atoms with Gasteiger partial charge in [-0.1, -0.05) is 11.6 Å². The number of benzene rings is 1. The van der Waals surface area contributed by atoms with Gasteiger partial charge in [-0.15, -0.1) is 13.2 Å². The third kappa shape index (κ3) is 14.1. The zero-order chi connectivity index (χ0) is 49.0. The van der Waals surface area contributed by atoms with Crippen molar-refractivity contribution >= 4 is 52.8 Å². The van der Waals surface area contributed by atoms with Gasteiger partial charge in [-0.2, -0.15) is 0 Å². The normalized spacial score (nSPS) is 16.4. The SMILES string of the molecule is CC(Cc1cncc(NC(=O)NC2CCN(c3ncccc3Oc3ccc(OC(F)(F)F)cc3Cl)CC2)c1)OC(=O)N1CCC(Oc2ccnc(N3CCC(NC(=O)Nc4cccnc4)CC3)c2)CC1. The predicted octanol–water partition coefficient (Wildman–Crippen LogP) is 8.80. The van der Waals surface area contributed by atoms with E-state index in [1.54, 1.807) is 72.4 Å². The number of ether oxygens (including phenoxy) is 4. The van der Waals surface area contributed by atoms with Crippen LogP contribution in [0.2, 0.25) is 5.02 Å². The minimum absolute atomic E-state index is 0.0451. The molecule has 3 fully saturated rings. The Morgan fingerprint density at radius 1 is 0.729 bits per heavy atom. The monoisotopic (exact) mass is 987 g/mol. The number of likely N-dealkylation sites (tertiary alicyclic amines) is 1. The summed E-state index contributed by atoms with van der Waals surface area (Å²) in [4.78, 5) is 62.0. The van der Waals surface area contributed by atoms with Crippen molar-refractivity contribution in [2.75, 3.05) is 59.7 Å². The first kappa shape index (κ1) is 49.1. The molecule has 22 heteroatoms. The Labute approximate surface area is 407 Å². The average Bonchev–Trinajstić information content (AvgIpc) is 3.33. The Bertz CT molecular complexity index is 2560. The summed E-state index contributed by atoms with van der Waals surface area (Å²) in [7, 11) is 0. The van der Waals surface area contributed by atoms with Gasteiger partial charge in [-0.25, -0.2) is 24.4 Å². The number of alkyl halides is 3. The number of aromatic nitrogens is 4. The number of pyridine rings is 4. The number of halogens is 4. The van der Waals surface area contributed by atoms with E-state index in [9.17, 15) is 27.6 Å². The molecule has 5 aromatic rings. The molecule has 370 valence electrons. The summed E-state index contributed by atoms with van der Waals surface area (Å²) < 4.78 is 60.1. The maximum atomic E-state index is 13.2. The van der Waals surface area contributed by atoms with Crippen molar-refractivity contribution in [2.45, 2.75) is 82.5 Å². The van der Waals surface area contributed by atoms with Crippen molar-refractivity contribution in [3.05, 3.63) is 108 Å². The fourth-order valence-corrected chi connectivity index (χ4v) is 8.70. The molecule has 1 unspecified atom stereocenters. The highest BCUT2D eigenvalue weighted by atomic mass is 35.5. The molecule has 4 aromatic heterocycles. The second-order valence-electron chi connectivity index (χ2n) is 17.2. The minimum atomic E-state index is -4.86. The molecule has 0 spiro atoms. The number of nitrogens with one attached hydrogen (secondary N) is 4. The van der Waals surface area contributed by atoms with Crippen molar-refractivity contribution in [1.82, 2.24) is 35.5 Å². The second kappa shape index (κ2) is 22.9. The van der Waals surface area contributed by atoms with Gasteiger partial charge in [-0.3, -0.25) is 9.97 Å². The highest BCUT2D eigenvalue weighted by Crippen LogP contribution is 2.38. The standard InChI is InChI=1S/C48H53ClF3N11O7/c1-31(67-47(66)63-22-13-37(14-23-63)68-38-8-17-55-43(27-38)61-18-9-33(10-19-61)57-45(64)59-35-4-2-15-53-29-35)24-32-25-36(30-54-28-32)60-46(65)58-34-11-20-62(21-12-34)44-42(5-3-16-56-44)69-41-7-6-39(26-40(41)49)70-48(50,51)52/h2-8,15-17,25-31,33-34,37H,9-14,18-24H2,1H3,(H2,57,59,64)(H2,58,60,65). The fraction of sp³-hybridized carbons (Fsp3) is 0.396. The zero-order valence-electron chi connectivity index (χ0n) is 38.2. The molecule has 70 heavy (non-hydrogen) atoms. The third-order valence-electron chi connectivity index (χ3n) is 11.9. The number of rotatable bonds is 14. The van der Waals surface area contributed by atoms with Crippen LogP contribution in [0.25, 0.3) is 0 Å². The molecule has 4 N–H and O–H groups in total. The highest BCUT2D eigenvalue weighted by Gasteiger charge is 2.32. The molecular formula is C48H53ClF3N11O7. The number of anilines is 4. The molecule has 0 saturated carbocycles. The Morgan fingerprint density at radius 2 is 1.41 bits per heavy atom. The molecule has 0 bridgehead atoms. The predicted molar refractivity (Wildman–Crippen MR) is 255 cm³/mol. The van der Waals surface area contributed by atoms with E-state index in [1.807, 2.05) is 24.0 Å². The summed E-state index contributed by atoms with van der Waals surface area (Å²) in [6.07, 6.45) is 8.44. The smallest absolute Gasteiger partial charge is 0.490 e. The molecule has 7 heterocycles. The maximum absolute atomic E-state index is 13.2. The summed E-state index contributed by atoms with van der Waals surface area (Å²) >= 11 is 6.22. The number of amides is 5. The molecule has 3 saturated heterocycles. The van der Waals surface area contributed by atoms with Crippen molar-refractivity contribution in [1.29, 1.82) is 0 Å². The van der Waals surface area contributed by atoms with Crippen LogP contribution in [0.5, 0.6) is 23.0 Å². The van der Waals surface area contributed by atoms with Gasteiger partial charge >= 0.3 is 24.5 Å². The van der Waals surface area contributed by atoms with Crippen molar-refractivity contribution in [3.63, 3.8) is 0 Å². The van der Waals surface area contributed by atoms with Crippen LogP contribution in [0.15, 0.2) is 97.8 Å². The van der Waals surface area contributed by atoms with Gasteiger partial charge in [0.05, 0.1) is 28.8 Å². The third-order valence-corrected chi connectivity index (χ3v) is 12.2. The molecule has 1 aromatic carbocycles. The lowest BCUT2D eigenvalue weighted by Crippen LogP contribution is -2.46. The van der Waals surface area contributed by atoms with Crippen LogP contribution in [0.4, 0.5) is 50.6 Å². The lowest BCUT2D eigenvalue weighted by molar-refractivity contribution is -0.274. The average molecular weight is 988 g/mol. The van der Waals surface area contributed by atoms with E-state index in [-0.39, 0.29) is 35.0 Å². The Hall–Kier alpha value is -7.29. The van der Waals surface area contributed by atoms with E-state index >= 15 is 0 Å². The van der Waals surface area contributed by atoms with E-state index in [4.69, 9.17) is 25.8 Å². The van der Waals surface area contributed by atoms with Gasteiger partial charge < -0.3 is 54.9 Å². The summed E-state index contributed by atoms with van der Waals surface area (Å²) in [5.74, 6) is 2.09. The van der Waals surface area contributed by atoms with Crippen LogP contribution in [0, 0.1) is 0 Å². The quantitative estimate of drug-likeness (QED) is 0.0825. The summed E-state index contributed by atoms with van der Waals surface area (Å²) in [5, 5.41) is 11.7. The highest BCUT2D eigenvalue weighted by molar-refractivity contribution is 6.32. The fourth-order valence-electron chi connectivity index (χ4n) is 8.49. The van der Waals surface area contributed by atoms with E-state index in [2.05, 4.69) is 50.8 Å². The van der Waals surface area contributed by atoms with Gasteiger partial charge in [0, 0.05) is 108 Å².